The van der Waals surface area contributed by atoms with Gasteiger partial charge in [0.15, 0.2) is 0 Å². The highest BCUT2D eigenvalue weighted by Gasteiger charge is 2.23. The summed E-state index contributed by atoms with van der Waals surface area (Å²) in [6, 6.07) is 10.5. The van der Waals surface area contributed by atoms with Crippen LogP contribution in [0.1, 0.15) is 45.1 Å². The zero-order chi connectivity index (χ0) is 12.8. The normalized spacial score (nSPS) is 24.4. The lowest BCUT2D eigenvalue weighted by Crippen LogP contribution is -2.21. The highest BCUT2D eigenvalue weighted by atomic mass is 16.5. The summed E-state index contributed by atoms with van der Waals surface area (Å²) in [7, 11) is 0. The van der Waals surface area contributed by atoms with E-state index in [0.717, 1.165) is 31.0 Å². The summed E-state index contributed by atoms with van der Waals surface area (Å²) in [6.07, 6.45) is 5.52. The molecule has 1 heteroatoms. The molecule has 0 unspecified atom stereocenters. The zero-order valence-electron chi connectivity index (χ0n) is 11.8. The molecule has 100 valence electrons. The van der Waals surface area contributed by atoms with Crippen molar-refractivity contribution in [3.05, 3.63) is 35.9 Å². The van der Waals surface area contributed by atoms with Crippen molar-refractivity contribution < 1.29 is 4.74 Å². The molecule has 2 rings (SSSR count). The van der Waals surface area contributed by atoms with Gasteiger partial charge < -0.3 is 4.74 Å². The molecule has 0 aromatic heterocycles. The number of rotatable bonds is 5. The third-order valence-electron chi connectivity index (χ3n) is 4.30. The molecule has 0 heterocycles. The van der Waals surface area contributed by atoms with E-state index in [-0.39, 0.29) is 0 Å². The Kier molecular flexibility index (Phi) is 5.25. The molecule has 0 amide bonds. The fraction of sp³-hybridized carbons (Fsp3) is 0.647. The third-order valence-corrected chi connectivity index (χ3v) is 4.30. The highest BCUT2D eigenvalue weighted by molar-refractivity contribution is 5.13. The van der Waals surface area contributed by atoms with Gasteiger partial charge in [-0.1, -0.05) is 44.2 Å². The smallest absolute Gasteiger partial charge is 0.0717 e. The van der Waals surface area contributed by atoms with E-state index in [2.05, 4.69) is 44.2 Å². The summed E-state index contributed by atoms with van der Waals surface area (Å²) >= 11 is 0. The minimum atomic E-state index is 0.769. The third kappa shape index (κ3) is 4.13. The lowest BCUT2D eigenvalue weighted by Gasteiger charge is -2.30. The number of ether oxygens (including phenoxy) is 1. The van der Waals surface area contributed by atoms with E-state index < -0.39 is 0 Å². The first kappa shape index (κ1) is 13.6. The minimum Gasteiger partial charge on any atom is -0.376 e. The first-order chi connectivity index (χ1) is 8.75. The number of benzene rings is 1. The predicted molar refractivity (Wildman–Crippen MR) is 76.4 cm³/mol. The zero-order valence-corrected chi connectivity index (χ0v) is 11.8. The summed E-state index contributed by atoms with van der Waals surface area (Å²) in [5.41, 5.74) is 1.29. The lowest BCUT2D eigenvalue weighted by molar-refractivity contribution is 0.0629. The average molecular weight is 246 g/mol. The Morgan fingerprint density at radius 2 is 1.72 bits per heavy atom. The largest absolute Gasteiger partial charge is 0.376 e. The molecule has 0 aliphatic heterocycles. The highest BCUT2D eigenvalue weighted by Crippen LogP contribution is 2.33. The second-order valence-electron chi connectivity index (χ2n) is 6.03. The SMILES string of the molecule is CC(C)C1CCC(COCc2ccccc2)CC1. The Morgan fingerprint density at radius 1 is 1.06 bits per heavy atom. The van der Waals surface area contributed by atoms with E-state index in [1.807, 2.05) is 0 Å². The monoisotopic (exact) mass is 246 g/mol. The van der Waals surface area contributed by atoms with Gasteiger partial charge in [-0.05, 0) is 49.0 Å². The molecule has 0 radical (unpaired) electrons. The van der Waals surface area contributed by atoms with Crippen LogP contribution in [0, 0.1) is 17.8 Å². The average Bonchev–Trinajstić information content (AvgIpc) is 2.40. The Bertz CT molecular complexity index is 323. The summed E-state index contributed by atoms with van der Waals surface area (Å²) in [4.78, 5) is 0. The van der Waals surface area contributed by atoms with Gasteiger partial charge in [0.1, 0.15) is 0 Å². The van der Waals surface area contributed by atoms with Gasteiger partial charge in [-0.2, -0.15) is 0 Å². The van der Waals surface area contributed by atoms with Gasteiger partial charge in [-0.25, -0.2) is 0 Å². The molecule has 0 saturated heterocycles. The topological polar surface area (TPSA) is 9.23 Å². The standard InChI is InChI=1S/C17H26O/c1-14(2)17-10-8-16(9-11-17)13-18-12-15-6-4-3-5-7-15/h3-7,14,16-17H,8-13H2,1-2H3. The molecule has 0 N–H and O–H groups in total. The Balaban J connectivity index is 1.64. The van der Waals surface area contributed by atoms with Crippen LogP contribution < -0.4 is 0 Å². The lowest BCUT2D eigenvalue weighted by atomic mass is 9.77. The number of hydrogen-bond donors (Lipinski definition) is 0. The molecular weight excluding hydrogens is 220 g/mol. The van der Waals surface area contributed by atoms with E-state index >= 15 is 0 Å². The Labute approximate surface area is 112 Å². The Morgan fingerprint density at radius 3 is 2.33 bits per heavy atom. The second kappa shape index (κ2) is 6.94. The predicted octanol–water partition coefficient (Wildman–Crippen LogP) is 4.67. The van der Waals surface area contributed by atoms with E-state index in [4.69, 9.17) is 4.74 Å². The fourth-order valence-corrected chi connectivity index (χ4v) is 2.94. The maximum atomic E-state index is 5.85. The van der Waals surface area contributed by atoms with Gasteiger partial charge in [-0.3, -0.25) is 0 Å². The van der Waals surface area contributed by atoms with Gasteiger partial charge in [0.2, 0.25) is 0 Å². The van der Waals surface area contributed by atoms with Crippen molar-refractivity contribution in [2.45, 2.75) is 46.1 Å². The molecule has 1 saturated carbocycles. The maximum absolute atomic E-state index is 5.85. The summed E-state index contributed by atoms with van der Waals surface area (Å²) in [5.74, 6) is 2.61. The van der Waals surface area contributed by atoms with Gasteiger partial charge in [-0.15, -0.1) is 0 Å². The molecule has 1 fully saturated rings. The van der Waals surface area contributed by atoms with Crippen molar-refractivity contribution in [3.8, 4) is 0 Å². The van der Waals surface area contributed by atoms with Crippen LogP contribution in [0.5, 0.6) is 0 Å². The molecule has 1 nitrogen and oxygen atoms in total. The molecule has 0 bridgehead atoms. The quantitative estimate of drug-likeness (QED) is 0.734. The van der Waals surface area contributed by atoms with E-state index in [1.54, 1.807) is 0 Å². The van der Waals surface area contributed by atoms with E-state index in [1.165, 1.54) is 31.2 Å². The van der Waals surface area contributed by atoms with Gasteiger partial charge in [0.25, 0.3) is 0 Å². The van der Waals surface area contributed by atoms with Gasteiger partial charge in [0, 0.05) is 6.61 Å². The summed E-state index contributed by atoms with van der Waals surface area (Å²) in [5, 5.41) is 0. The molecule has 1 aromatic carbocycles. The molecule has 1 aliphatic rings. The van der Waals surface area contributed by atoms with E-state index in [9.17, 15) is 0 Å². The minimum absolute atomic E-state index is 0.769. The first-order valence-corrected chi connectivity index (χ1v) is 7.37. The first-order valence-electron chi connectivity index (χ1n) is 7.37. The molecular formula is C17H26O. The van der Waals surface area contributed by atoms with Gasteiger partial charge >= 0.3 is 0 Å². The van der Waals surface area contributed by atoms with Crippen molar-refractivity contribution in [3.63, 3.8) is 0 Å². The van der Waals surface area contributed by atoms with Crippen LogP contribution >= 0.6 is 0 Å². The van der Waals surface area contributed by atoms with Crippen LogP contribution in [-0.2, 0) is 11.3 Å². The maximum Gasteiger partial charge on any atom is 0.0717 e. The molecule has 0 atom stereocenters. The van der Waals surface area contributed by atoms with Crippen molar-refractivity contribution in [2.75, 3.05) is 6.61 Å². The summed E-state index contributed by atoms with van der Waals surface area (Å²) in [6.45, 7) is 6.43. The molecule has 18 heavy (non-hydrogen) atoms. The van der Waals surface area contributed by atoms with Crippen LogP contribution in [0.2, 0.25) is 0 Å². The van der Waals surface area contributed by atoms with Crippen molar-refractivity contribution in [1.82, 2.24) is 0 Å². The van der Waals surface area contributed by atoms with Crippen LogP contribution in [0.15, 0.2) is 30.3 Å². The molecule has 0 spiro atoms. The Hall–Kier alpha value is -0.820. The van der Waals surface area contributed by atoms with E-state index in [0.29, 0.717) is 0 Å². The summed E-state index contributed by atoms with van der Waals surface area (Å²) < 4.78 is 5.85. The van der Waals surface area contributed by atoms with Crippen molar-refractivity contribution >= 4 is 0 Å². The van der Waals surface area contributed by atoms with Crippen LogP contribution in [-0.4, -0.2) is 6.61 Å². The van der Waals surface area contributed by atoms with Crippen molar-refractivity contribution in [2.24, 2.45) is 17.8 Å². The molecule has 1 aromatic rings. The number of hydrogen-bond acceptors (Lipinski definition) is 1. The van der Waals surface area contributed by atoms with Crippen LogP contribution in [0.25, 0.3) is 0 Å². The second-order valence-corrected chi connectivity index (χ2v) is 6.03. The van der Waals surface area contributed by atoms with Crippen molar-refractivity contribution in [1.29, 1.82) is 0 Å². The van der Waals surface area contributed by atoms with Crippen LogP contribution in [0.4, 0.5) is 0 Å². The fourth-order valence-electron chi connectivity index (χ4n) is 2.94. The van der Waals surface area contributed by atoms with Gasteiger partial charge in [0.05, 0.1) is 6.61 Å². The molecule has 1 aliphatic carbocycles. The van der Waals surface area contributed by atoms with Crippen LogP contribution in [0.3, 0.4) is 0 Å².